The maximum atomic E-state index is 11.7. The number of likely N-dealkylation sites (tertiary alicyclic amines) is 1. The van der Waals surface area contributed by atoms with E-state index in [4.69, 9.17) is 11.6 Å². The molecule has 0 aromatic heterocycles. The first-order chi connectivity index (χ1) is 8.95. The van der Waals surface area contributed by atoms with Crippen LogP contribution in [0.15, 0.2) is 24.3 Å². The summed E-state index contributed by atoms with van der Waals surface area (Å²) in [7, 11) is 0. The van der Waals surface area contributed by atoms with Crippen molar-refractivity contribution in [1.82, 2.24) is 4.90 Å². The molecule has 0 unspecified atom stereocenters. The van der Waals surface area contributed by atoms with Crippen LogP contribution in [0, 0.1) is 0 Å². The fraction of sp³-hybridized carbons (Fsp3) is 0.429. The number of benzene rings is 1. The first-order valence-corrected chi connectivity index (χ1v) is 6.58. The van der Waals surface area contributed by atoms with Crippen molar-refractivity contribution in [2.45, 2.75) is 25.2 Å². The molecule has 0 bridgehead atoms. The Morgan fingerprint density at radius 2 is 1.95 bits per heavy atom. The van der Waals surface area contributed by atoms with Crippen molar-refractivity contribution < 1.29 is 14.7 Å². The van der Waals surface area contributed by atoms with Crippen LogP contribution in [-0.4, -0.2) is 35.0 Å². The van der Waals surface area contributed by atoms with E-state index in [0.29, 0.717) is 31.0 Å². The molecule has 4 nitrogen and oxygen atoms in total. The summed E-state index contributed by atoms with van der Waals surface area (Å²) in [6.07, 6.45) is 0.838. The van der Waals surface area contributed by atoms with Crippen LogP contribution >= 0.6 is 11.6 Å². The van der Waals surface area contributed by atoms with Gasteiger partial charge in [-0.25, -0.2) is 0 Å². The van der Waals surface area contributed by atoms with Gasteiger partial charge in [0.1, 0.15) is 0 Å². The van der Waals surface area contributed by atoms with E-state index >= 15 is 0 Å². The Morgan fingerprint density at radius 3 is 2.42 bits per heavy atom. The number of amides is 1. The monoisotopic (exact) mass is 281 g/mol. The minimum Gasteiger partial charge on any atom is -0.481 e. The number of carboxylic acids is 1. The molecule has 1 aromatic rings. The van der Waals surface area contributed by atoms with E-state index in [0.717, 1.165) is 5.56 Å². The molecular formula is C14H16ClNO3. The van der Waals surface area contributed by atoms with Crippen LogP contribution in [0.3, 0.4) is 0 Å². The Labute approximate surface area is 117 Å². The quantitative estimate of drug-likeness (QED) is 0.905. The number of carbonyl (C=O) groups is 2. The van der Waals surface area contributed by atoms with Crippen molar-refractivity contribution in [3.63, 3.8) is 0 Å². The highest BCUT2D eigenvalue weighted by Gasteiger charge is 2.43. The van der Waals surface area contributed by atoms with E-state index in [1.807, 2.05) is 0 Å². The Bertz CT molecular complexity index is 507. The van der Waals surface area contributed by atoms with Crippen LogP contribution in [0.4, 0.5) is 0 Å². The lowest BCUT2D eigenvalue weighted by Gasteiger charge is -2.39. The van der Waals surface area contributed by atoms with Gasteiger partial charge in [-0.15, -0.1) is 0 Å². The molecule has 0 radical (unpaired) electrons. The van der Waals surface area contributed by atoms with Crippen molar-refractivity contribution >= 4 is 23.5 Å². The second-order valence-corrected chi connectivity index (χ2v) is 5.34. The number of carbonyl (C=O) groups excluding carboxylic acids is 1. The zero-order chi connectivity index (χ0) is 14.0. The lowest BCUT2D eigenvalue weighted by atomic mass is 9.73. The van der Waals surface area contributed by atoms with Gasteiger partial charge in [0.05, 0.1) is 5.41 Å². The van der Waals surface area contributed by atoms with Gasteiger partial charge >= 0.3 is 5.97 Å². The van der Waals surface area contributed by atoms with Gasteiger partial charge in [0.2, 0.25) is 5.91 Å². The molecule has 1 amide bonds. The molecule has 0 aliphatic carbocycles. The van der Waals surface area contributed by atoms with Gasteiger partial charge in [0.25, 0.3) is 0 Å². The molecular weight excluding hydrogens is 266 g/mol. The molecule has 1 aliphatic rings. The maximum Gasteiger partial charge on any atom is 0.314 e. The van der Waals surface area contributed by atoms with Crippen molar-refractivity contribution in [3.05, 3.63) is 34.9 Å². The minimum atomic E-state index is -0.934. The van der Waals surface area contributed by atoms with Crippen LogP contribution in [-0.2, 0) is 15.0 Å². The summed E-state index contributed by atoms with van der Waals surface area (Å²) in [5.41, 5.74) is -0.215. The summed E-state index contributed by atoms with van der Waals surface area (Å²) in [5, 5.41) is 10.1. The van der Waals surface area contributed by atoms with Gasteiger partial charge in [-0.2, -0.15) is 0 Å². The summed E-state index contributed by atoms with van der Waals surface area (Å²) in [6, 6.07) is 6.99. The third kappa shape index (κ3) is 2.59. The number of piperidine rings is 1. The first-order valence-electron chi connectivity index (χ1n) is 6.21. The molecule has 102 valence electrons. The van der Waals surface area contributed by atoms with Crippen LogP contribution in [0.25, 0.3) is 0 Å². The molecule has 1 heterocycles. The Kier molecular flexibility index (Phi) is 3.80. The lowest BCUT2D eigenvalue weighted by molar-refractivity contribution is -0.148. The highest BCUT2D eigenvalue weighted by Crippen LogP contribution is 2.36. The fourth-order valence-electron chi connectivity index (χ4n) is 2.62. The highest BCUT2D eigenvalue weighted by atomic mass is 35.5. The van der Waals surface area contributed by atoms with Crippen molar-refractivity contribution in [3.8, 4) is 0 Å². The fourth-order valence-corrected chi connectivity index (χ4v) is 2.81. The van der Waals surface area contributed by atoms with E-state index < -0.39 is 11.4 Å². The molecule has 0 saturated carbocycles. The van der Waals surface area contributed by atoms with Gasteiger partial charge < -0.3 is 10.0 Å². The zero-order valence-corrected chi connectivity index (χ0v) is 11.5. The van der Waals surface area contributed by atoms with Crippen molar-refractivity contribution in [2.75, 3.05) is 13.1 Å². The summed E-state index contributed by atoms with van der Waals surface area (Å²) in [4.78, 5) is 24.7. The largest absolute Gasteiger partial charge is 0.481 e. The Morgan fingerprint density at radius 1 is 1.32 bits per heavy atom. The van der Waals surface area contributed by atoms with Gasteiger partial charge in [0, 0.05) is 25.0 Å². The molecule has 0 atom stereocenters. The van der Waals surface area contributed by atoms with E-state index in [-0.39, 0.29) is 5.91 Å². The second-order valence-electron chi connectivity index (χ2n) is 4.90. The topological polar surface area (TPSA) is 57.6 Å². The average Bonchev–Trinajstić information content (AvgIpc) is 2.38. The van der Waals surface area contributed by atoms with Crippen LogP contribution < -0.4 is 0 Å². The molecule has 1 fully saturated rings. The Hall–Kier alpha value is -1.55. The smallest absolute Gasteiger partial charge is 0.314 e. The summed E-state index contributed by atoms with van der Waals surface area (Å²) < 4.78 is 0. The predicted octanol–water partition coefficient (Wildman–Crippen LogP) is 2.30. The van der Waals surface area contributed by atoms with Gasteiger partial charge in [-0.3, -0.25) is 9.59 Å². The van der Waals surface area contributed by atoms with Gasteiger partial charge in [-0.1, -0.05) is 23.7 Å². The summed E-state index contributed by atoms with van der Waals surface area (Å²) in [5.74, 6) is -0.858. The lowest BCUT2D eigenvalue weighted by Crippen LogP contribution is -2.48. The Balaban J connectivity index is 2.31. The molecule has 0 spiro atoms. The zero-order valence-electron chi connectivity index (χ0n) is 10.7. The highest BCUT2D eigenvalue weighted by molar-refractivity contribution is 6.30. The molecule has 1 aliphatic heterocycles. The molecule has 19 heavy (non-hydrogen) atoms. The van der Waals surface area contributed by atoms with E-state index in [1.54, 1.807) is 29.2 Å². The molecule has 1 N–H and O–H groups in total. The van der Waals surface area contributed by atoms with E-state index in [1.165, 1.54) is 6.92 Å². The first kappa shape index (κ1) is 13.9. The second kappa shape index (κ2) is 5.21. The molecule has 5 heteroatoms. The summed E-state index contributed by atoms with van der Waals surface area (Å²) in [6.45, 7) is 2.44. The van der Waals surface area contributed by atoms with Gasteiger partial charge in [-0.05, 0) is 30.5 Å². The number of rotatable bonds is 2. The number of hydrogen-bond acceptors (Lipinski definition) is 2. The molecule has 1 aromatic carbocycles. The number of nitrogens with zero attached hydrogens (tertiary/aromatic N) is 1. The number of aliphatic carboxylic acids is 1. The van der Waals surface area contributed by atoms with Crippen LogP contribution in [0.5, 0.6) is 0 Å². The normalized spacial score (nSPS) is 18.1. The van der Waals surface area contributed by atoms with E-state index in [2.05, 4.69) is 0 Å². The van der Waals surface area contributed by atoms with Gasteiger partial charge in [0.15, 0.2) is 0 Å². The average molecular weight is 282 g/mol. The molecule has 2 rings (SSSR count). The minimum absolute atomic E-state index is 0.00918. The maximum absolute atomic E-state index is 11.7. The third-order valence-corrected chi connectivity index (χ3v) is 4.08. The van der Waals surface area contributed by atoms with Crippen LogP contribution in [0.2, 0.25) is 5.02 Å². The number of hydrogen-bond donors (Lipinski definition) is 1. The predicted molar refractivity (Wildman–Crippen MR) is 72.3 cm³/mol. The number of carboxylic acid groups (broad SMARTS) is 1. The SMILES string of the molecule is CC(=O)N1CCC(C(=O)O)(c2cccc(Cl)c2)CC1. The molecule has 1 saturated heterocycles. The van der Waals surface area contributed by atoms with Crippen LogP contribution in [0.1, 0.15) is 25.3 Å². The third-order valence-electron chi connectivity index (χ3n) is 3.85. The number of halogens is 1. The standard InChI is InChI=1S/C14H16ClNO3/c1-10(17)16-7-5-14(6-8-16,13(18)19)11-3-2-4-12(15)9-11/h2-4,9H,5-8H2,1H3,(H,18,19). The van der Waals surface area contributed by atoms with Crippen molar-refractivity contribution in [1.29, 1.82) is 0 Å². The summed E-state index contributed by atoms with van der Waals surface area (Å²) >= 11 is 5.95. The van der Waals surface area contributed by atoms with Crippen molar-refractivity contribution in [2.24, 2.45) is 0 Å². The van der Waals surface area contributed by atoms with E-state index in [9.17, 15) is 14.7 Å².